The van der Waals surface area contributed by atoms with Gasteiger partial charge in [0.1, 0.15) is 28.2 Å². The van der Waals surface area contributed by atoms with Crippen LogP contribution < -0.4 is 0 Å². The van der Waals surface area contributed by atoms with E-state index in [1.165, 1.54) is 5.56 Å². The van der Waals surface area contributed by atoms with Crippen molar-refractivity contribution in [3.8, 4) is 34.3 Å². The predicted molar refractivity (Wildman–Crippen MR) is 228 cm³/mol. The lowest BCUT2D eigenvalue weighted by molar-refractivity contribution is 0.590. The normalized spacial score (nSPS) is 14.5. The molecule has 55 heavy (non-hydrogen) atoms. The molecular formula is C50H45N3O2. The second-order valence-electron chi connectivity index (χ2n) is 16.3. The first-order valence-electron chi connectivity index (χ1n) is 21.8. The number of nitrogens with zero attached hydrogens (tertiary/aromatic N) is 3. The molecule has 0 bridgehead atoms. The number of para-hydroxylation sites is 1. The Morgan fingerprint density at radius 3 is 2.07 bits per heavy atom. The summed E-state index contributed by atoms with van der Waals surface area (Å²) in [6, 6.07) is 32.7. The predicted octanol–water partition coefficient (Wildman–Crippen LogP) is 14.2. The molecular weight excluding hydrogens is 675 g/mol. The molecule has 0 atom stereocenters. The molecule has 0 aliphatic heterocycles. The summed E-state index contributed by atoms with van der Waals surface area (Å²) in [7, 11) is 0. The Labute approximate surface area is 330 Å². The van der Waals surface area contributed by atoms with E-state index in [2.05, 4.69) is 90.9 Å². The van der Waals surface area contributed by atoms with Crippen molar-refractivity contribution in [2.45, 2.75) is 79.4 Å². The number of rotatable bonds is 5. The van der Waals surface area contributed by atoms with Gasteiger partial charge in [0.15, 0.2) is 0 Å². The summed E-state index contributed by atoms with van der Waals surface area (Å²) in [5.41, 5.74) is 10.2. The van der Waals surface area contributed by atoms with Gasteiger partial charge in [-0.15, -0.1) is 0 Å². The zero-order valence-corrected chi connectivity index (χ0v) is 32.1. The maximum atomic E-state index is 9.51. The summed E-state index contributed by atoms with van der Waals surface area (Å²) in [5, 5.41) is 12.0. The van der Waals surface area contributed by atoms with Crippen LogP contribution in [0.1, 0.15) is 102 Å². The molecule has 5 heteroatoms. The van der Waals surface area contributed by atoms with Crippen molar-refractivity contribution in [2.75, 3.05) is 0 Å². The summed E-state index contributed by atoms with van der Waals surface area (Å²) in [6.45, 7) is 10.2. The molecule has 3 aromatic heterocycles. The lowest BCUT2D eigenvalue weighted by Crippen LogP contribution is -2.11. The van der Waals surface area contributed by atoms with Gasteiger partial charge in [-0.1, -0.05) is 90.9 Å². The van der Waals surface area contributed by atoms with Crippen LogP contribution in [0.15, 0.2) is 106 Å². The Morgan fingerprint density at radius 1 is 0.709 bits per heavy atom. The Balaban J connectivity index is 1.39. The number of hydrogen-bond donors (Lipinski definition) is 0. The van der Waals surface area contributed by atoms with Crippen molar-refractivity contribution in [1.82, 2.24) is 9.55 Å². The number of imidazole rings is 1. The average Bonchev–Trinajstić information content (AvgIpc) is 3.88. The van der Waals surface area contributed by atoms with E-state index in [1.54, 1.807) is 42.5 Å². The third-order valence-corrected chi connectivity index (χ3v) is 11.0. The van der Waals surface area contributed by atoms with Gasteiger partial charge >= 0.3 is 0 Å². The maximum absolute atomic E-state index is 9.51. The topological polar surface area (TPSA) is 67.9 Å². The van der Waals surface area contributed by atoms with Gasteiger partial charge in [0.25, 0.3) is 0 Å². The van der Waals surface area contributed by atoms with E-state index in [-0.39, 0.29) is 28.4 Å². The highest BCUT2D eigenvalue weighted by molar-refractivity contribution is 6.17. The minimum Gasteiger partial charge on any atom is -0.456 e. The minimum absolute atomic E-state index is 0.00324. The number of furan rings is 2. The summed E-state index contributed by atoms with van der Waals surface area (Å²) in [6.07, 6.45) is 0. The zero-order valence-electron chi connectivity index (χ0n) is 38.1. The second-order valence-corrected chi connectivity index (χ2v) is 16.3. The van der Waals surface area contributed by atoms with E-state index in [0.29, 0.717) is 61.1 Å². The average molecular weight is 726 g/mol. The number of fused-ring (bicyclic) bond motifs is 7. The molecule has 9 aromatic rings. The smallest absolute Gasteiger partial charge is 0.149 e. The highest BCUT2D eigenvalue weighted by Crippen LogP contribution is 2.45. The van der Waals surface area contributed by atoms with Crippen molar-refractivity contribution < 1.29 is 17.1 Å². The van der Waals surface area contributed by atoms with Gasteiger partial charge in [-0.3, -0.25) is 4.57 Å². The van der Waals surface area contributed by atoms with E-state index in [4.69, 9.17) is 22.0 Å². The van der Waals surface area contributed by atoms with Crippen LogP contribution in [0.3, 0.4) is 0 Å². The lowest BCUT2D eigenvalue weighted by atomic mass is 9.85. The van der Waals surface area contributed by atoms with Gasteiger partial charge in [0.05, 0.1) is 33.9 Å². The van der Waals surface area contributed by atoms with Gasteiger partial charge < -0.3 is 8.83 Å². The number of aryl methyl sites for hydroxylation is 2. The van der Waals surface area contributed by atoms with Crippen LogP contribution in [0.4, 0.5) is 0 Å². The van der Waals surface area contributed by atoms with E-state index >= 15 is 0 Å². The van der Waals surface area contributed by atoms with Gasteiger partial charge in [0.2, 0.25) is 0 Å². The monoisotopic (exact) mass is 725 g/mol. The van der Waals surface area contributed by atoms with Crippen LogP contribution in [-0.2, 0) is 5.41 Å². The number of aromatic nitrogens is 2. The van der Waals surface area contributed by atoms with Crippen molar-refractivity contribution in [3.63, 3.8) is 0 Å². The first-order valence-corrected chi connectivity index (χ1v) is 18.8. The van der Waals surface area contributed by atoms with Crippen molar-refractivity contribution in [3.05, 3.63) is 130 Å². The highest BCUT2D eigenvalue weighted by atomic mass is 16.3. The zero-order chi connectivity index (χ0) is 43.5. The molecule has 0 amide bonds. The second kappa shape index (κ2) is 12.5. The summed E-state index contributed by atoms with van der Waals surface area (Å²) >= 11 is 0. The van der Waals surface area contributed by atoms with Crippen LogP contribution in [0.5, 0.6) is 0 Å². The van der Waals surface area contributed by atoms with Gasteiger partial charge in [-0.25, -0.2) is 4.98 Å². The molecule has 9 rings (SSSR count). The summed E-state index contributed by atoms with van der Waals surface area (Å²) in [4.78, 5) is 5.23. The fourth-order valence-corrected chi connectivity index (χ4v) is 8.07. The first-order chi connectivity index (χ1) is 28.7. The number of hydrogen-bond acceptors (Lipinski definition) is 4. The van der Waals surface area contributed by atoms with E-state index < -0.39 is 13.7 Å². The van der Waals surface area contributed by atoms with Crippen molar-refractivity contribution in [2.24, 2.45) is 0 Å². The highest BCUT2D eigenvalue weighted by Gasteiger charge is 2.27. The van der Waals surface area contributed by atoms with Gasteiger partial charge in [-0.2, -0.15) is 5.26 Å². The summed E-state index contributed by atoms with van der Waals surface area (Å²) < 4.78 is 67.1. The molecule has 0 saturated heterocycles. The van der Waals surface area contributed by atoms with Crippen LogP contribution in [0.25, 0.3) is 83.1 Å². The maximum Gasteiger partial charge on any atom is 0.149 e. The van der Waals surface area contributed by atoms with E-state index in [1.807, 2.05) is 22.8 Å². The van der Waals surface area contributed by atoms with Crippen molar-refractivity contribution >= 4 is 54.9 Å². The fourth-order valence-electron chi connectivity index (χ4n) is 8.07. The molecule has 3 heterocycles. The molecule has 272 valence electrons. The molecule has 0 saturated carbocycles. The molecule has 5 nitrogen and oxygen atoms in total. The minimum atomic E-state index is -2.51. The SMILES string of the molecule is [2H]C([2H])([2H])c1ccc(-c2nc3cccc(C([2H])([2H])[2H])c3n2-c2c(C(C)C)cc(-c3ccc(C(C)(C)C)cc3)cc2C(C)C)c2oc3cc4c(cc3c12)oc1cc(C#N)ccc14. The molecule has 0 radical (unpaired) electrons. The van der Waals surface area contributed by atoms with Crippen LogP contribution in [-0.4, -0.2) is 9.55 Å². The van der Waals surface area contributed by atoms with Crippen LogP contribution in [0, 0.1) is 25.0 Å². The third-order valence-electron chi connectivity index (χ3n) is 11.0. The molecule has 0 spiro atoms. The lowest BCUT2D eigenvalue weighted by Gasteiger charge is -2.25. The Hall–Kier alpha value is -6.12. The van der Waals surface area contributed by atoms with Gasteiger partial charge in [-0.05, 0) is 124 Å². The Bertz CT molecular complexity index is 3240. The van der Waals surface area contributed by atoms with E-state index in [9.17, 15) is 5.26 Å². The van der Waals surface area contributed by atoms with E-state index in [0.717, 1.165) is 38.7 Å². The standard InChI is InChI=1S/C50H45N3O2/c1-27(2)37-22-33(32-15-17-34(18-16-32)50(7,8)9)23-38(28(3)4)47(37)53-46-30(6)11-10-12-41(46)52-49(53)36-19-13-29(5)45-40-25-43-39(24-44(40)55-48(36)45)35-20-14-31(26-51)21-42(35)54-43/h10-25,27-28H,1-9H3/i5D3,6D3. The molecule has 0 N–H and O–H groups in total. The fraction of sp³-hybridized carbons (Fsp3) is 0.240. The van der Waals surface area contributed by atoms with Crippen LogP contribution >= 0.6 is 0 Å². The molecule has 6 aromatic carbocycles. The van der Waals surface area contributed by atoms with Crippen molar-refractivity contribution in [1.29, 1.82) is 5.26 Å². The number of nitriles is 1. The molecule has 0 aliphatic carbocycles. The Kier molecular flexibility index (Phi) is 6.42. The third kappa shape index (κ3) is 5.46. The van der Waals surface area contributed by atoms with Gasteiger partial charge in [0, 0.05) is 29.8 Å². The largest absolute Gasteiger partial charge is 0.456 e. The molecule has 0 aliphatic rings. The van der Waals surface area contributed by atoms with Crippen LogP contribution in [0.2, 0.25) is 0 Å². The Morgan fingerprint density at radius 2 is 1.40 bits per heavy atom. The number of benzene rings is 6. The molecule has 0 unspecified atom stereocenters. The quantitative estimate of drug-likeness (QED) is 0.177. The summed E-state index contributed by atoms with van der Waals surface area (Å²) in [5.74, 6) is 0.437. The molecule has 0 fully saturated rings. The first kappa shape index (κ1) is 28.3.